The molecule has 0 saturated heterocycles. The van der Waals surface area contributed by atoms with Gasteiger partial charge in [0.15, 0.2) is 0 Å². The number of hydrogen-bond donors (Lipinski definition) is 0. The van der Waals surface area contributed by atoms with E-state index in [9.17, 15) is 0 Å². The van der Waals surface area contributed by atoms with Crippen molar-refractivity contribution in [2.45, 2.75) is 19.2 Å². The summed E-state index contributed by atoms with van der Waals surface area (Å²) in [5.74, 6) is 1.52. The van der Waals surface area contributed by atoms with E-state index in [1.54, 1.807) is 0 Å². The van der Waals surface area contributed by atoms with Crippen LogP contribution in [-0.4, -0.2) is 0 Å². The van der Waals surface area contributed by atoms with Crippen LogP contribution in [0.2, 0.25) is 10.0 Å². The van der Waals surface area contributed by atoms with Gasteiger partial charge in [0.2, 0.25) is 0 Å². The first-order valence-corrected chi connectivity index (χ1v) is 7.68. The lowest BCUT2D eigenvalue weighted by Gasteiger charge is -2.12. The second kappa shape index (κ2) is 6.17. The van der Waals surface area contributed by atoms with Crippen LogP contribution in [0.25, 0.3) is 0 Å². The van der Waals surface area contributed by atoms with E-state index >= 15 is 0 Å². The summed E-state index contributed by atoms with van der Waals surface area (Å²) in [5.41, 5.74) is 3.05. The molecule has 0 spiro atoms. The molecule has 0 saturated carbocycles. The molecular formula is C15H13BrCl2O. The number of alkyl halides is 1. The Bertz CT molecular complexity index is 588. The third kappa shape index (κ3) is 3.44. The first-order valence-electron chi connectivity index (χ1n) is 5.80. The molecule has 100 valence electrons. The summed E-state index contributed by atoms with van der Waals surface area (Å²) in [6.45, 7) is 3.93. The lowest BCUT2D eigenvalue weighted by atomic mass is 10.1. The molecule has 0 aliphatic carbocycles. The second-order valence-corrected chi connectivity index (χ2v) is 5.73. The second-order valence-electron chi connectivity index (χ2n) is 4.36. The van der Waals surface area contributed by atoms with E-state index in [4.69, 9.17) is 27.9 Å². The van der Waals surface area contributed by atoms with Gasteiger partial charge in [0.05, 0.1) is 0 Å². The molecule has 0 fully saturated rings. The predicted octanol–water partition coefficient (Wildman–Crippen LogP) is 6.30. The highest BCUT2D eigenvalue weighted by molar-refractivity contribution is 9.08. The Labute approximate surface area is 131 Å². The van der Waals surface area contributed by atoms with E-state index in [1.807, 2.05) is 44.2 Å². The number of halogens is 3. The van der Waals surface area contributed by atoms with Crippen LogP contribution < -0.4 is 4.74 Å². The van der Waals surface area contributed by atoms with Gasteiger partial charge in [0, 0.05) is 20.9 Å². The van der Waals surface area contributed by atoms with Crippen LogP contribution in [-0.2, 0) is 5.33 Å². The molecule has 0 amide bonds. The molecule has 0 radical (unpaired) electrons. The molecule has 2 aromatic carbocycles. The Balaban J connectivity index is 2.38. The molecule has 2 aromatic rings. The average molecular weight is 360 g/mol. The Hall–Kier alpha value is -0.700. The standard InChI is InChI=1S/C15H13BrCl2O/c1-9-5-13(6-10(2)15(9)18)19-14-7-12(17)4-3-11(14)8-16/h3-7H,8H2,1-2H3. The van der Waals surface area contributed by atoms with Crippen LogP contribution in [0, 0.1) is 13.8 Å². The zero-order valence-electron chi connectivity index (χ0n) is 10.6. The molecule has 2 rings (SSSR count). The van der Waals surface area contributed by atoms with E-state index in [-0.39, 0.29) is 0 Å². The highest BCUT2D eigenvalue weighted by atomic mass is 79.9. The van der Waals surface area contributed by atoms with Crippen LogP contribution in [0.5, 0.6) is 11.5 Å². The maximum atomic E-state index is 6.15. The monoisotopic (exact) mass is 358 g/mol. The van der Waals surface area contributed by atoms with E-state index in [0.717, 1.165) is 33.2 Å². The molecule has 0 heterocycles. The minimum Gasteiger partial charge on any atom is -0.457 e. The van der Waals surface area contributed by atoms with E-state index < -0.39 is 0 Å². The first kappa shape index (κ1) is 14.7. The van der Waals surface area contributed by atoms with Gasteiger partial charge in [-0.1, -0.05) is 45.2 Å². The highest BCUT2D eigenvalue weighted by Crippen LogP contribution is 2.33. The summed E-state index contributed by atoms with van der Waals surface area (Å²) >= 11 is 15.6. The van der Waals surface area contributed by atoms with Crippen molar-refractivity contribution in [3.8, 4) is 11.5 Å². The topological polar surface area (TPSA) is 9.23 Å². The van der Waals surface area contributed by atoms with Crippen molar-refractivity contribution in [1.29, 1.82) is 0 Å². The van der Waals surface area contributed by atoms with Gasteiger partial charge in [-0.25, -0.2) is 0 Å². The number of aryl methyl sites for hydroxylation is 2. The van der Waals surface area contributed by atoms with Crippen LogP contribution in [0.3, 0.4) is 0 Å². The van der Waals surface area contributed by atoms with Crippen molar-refractivity contribution < 1.29 is 4.74 Å². The zero-order chi connectivity index (χ0) is 14.0. The Kier molecular flexibility index (Phi) is 4.77. The lowest BCUT2D eigenvalue weighted by Crippen LogP contribution is -1.91. The minimum absolute atomic E-state index is 0.655. The molecule has 4 heteroatoms. The lowest BCUT2D eigenvalue weighted by molar-refractivity contribution is 0.478. The number of hydrogen-bond acceptors (Lipinski definition) is 1. The summed E-state index contributed by atoms with van der Waals surface area (Å²) in [4.78, 5) is 0. The molecule has 0 unspecified atom stereocenters. The van der Waals surface area contributed by atoms with Gasteiger partial charge in [-0.15, -0.1) is 0 Å². The quantitative estimate of drug-likeness (QED) is 0.584. The normalized spacial score (nSPS) is 10.6. The fourth-order valence-corrected chi connectivity index (χ4v) is 2.56. The molecule has 19 heavy (non-hydrogen) atoms. The van der Waals surface area contributed by atoms with Crippen LogP contribution in [0.15, 0.2) is 30.3 Å². The van der Waals surface area contributed by atoms with Crippen molar-refractivity contribution >= 4 is 39.1 Å². The largest absolute Gasteiger partial charge is 0.457 e. The first-order chi connectivity index (χ1) is 9.01. The Morgan fingerprint density at radius 2 is 1.68 bits per heavy atom. The van der Waals surface area contributed by atoms with Crippen molar-refractivity contribution in [3.63, 3.8) is 0 Å². The van der Waals surface area contributed by atoms with Gasteiger partial charge < -0.3 is 4.74 Å². The molecule has 0 N–H and O–H groups in total. The molecular weight excluding hydrogens is 347 g/mol. The molecule has 0 aromatic heterocycles. The number of ether oxygens (including phenoxy) is 1. The van der Waals surface area contributed by atoms with Gasteiger partial charge in [-0.05, 0) is 49.2 Å². The summed E-state index contributed by atoms with van der Waals surface area (Å²) in [7, 11) is 0. The van der Waals surface area contributed by atoms with Gasteiger partial charge in [0.25, 0.3) is 0 Å². The van der Waals surface area contributed by atoms with Gasteiger partial charge >= 0.3 is 0 Å². The third-order valence-corrected chi connectivity index (χ3v) is 4.25. The molecule has 0 bridgehead atoms. The Morgan fingerprint density at radius 3 is 2.26 bits per heavy atom. The Morgan fingerprint density at radius 1 is 1.05 bits per heavy atom. The van der Waals surface area contributed by atoms with Crippen molar-refractivity contribution in [3.05, 3.63) is 57.1 Å². The number of rotatable bonds is 3. The minimum atomic E-state index is 0.655. The van der Waals surface area contributed by atoms with Crippen LogP contribution in [0.1, 0.15) is 16.7 Å². The number of benzene rings is 2. The molecule has 0 atom stereocenters. The predicted molar refractivity (Wildman–Crippen MR) is 85.1 cm³/mol. The molecule has 0 aliphatic rings. The van der Waals surface area contributed by atoms with E-state index in [1.165, 1.54) is 0 Å². The highest BCUT2D eigenvalue weighted by Gasteiger charge is 2.08. The fraction of sp³-hybridized carbons (Fsp3) is 0.200. The van der Waals surface area contributed by atoms with Crippen molar-refractivity contribution in [2.24, 2.45) is 0 Å². The SMILES string of the molecule is Cc1cc(Oc2cc(Cl)ccc2CBr)cc(C)c1Cl. The van der Waals surface area contributed by atoms with Gasteiger partial charge in [-0.3, -0.25) is 0 Å². The maximum Gasteiger partial charge on any atom is 0.132 e. The fourth-order valence-electron chi connectivity index (χ4n) is 1.83. The smallest absolute Gasteiger partial charge is 0.132 e. The molecule has 0 aliphatic heterocycles. The van der Waals surface area contributed by atoms with Crippen LogP contribution in [0.4, 0.5) is 0 Å². The van der Waals surface area contributed by atoms with Crippen molar-refractivity contribution in [1.82, 2.24) is 0 Å². The summed E-state index contributed by atoms with van der Waals surface area (Å²) in [6.07, 6.45) is 0. The summed E-state index contributed by atoms with van der Waals surface area (Å²) in [5, 5.41) is 2.15. The average Bonchev–Trinajstić information content (AvgIpc) is 2.36. The van der Waals surface area contributed by atoms with Gasteiger partial charge in [0.1, 0.15) is 11.5 Å². The van der Waals surface area contributed by atoms with Gasteiger partial charge in [-0.2, -0.15) is 0 Å². The van der Waals surface area contributed by atoms with Crippen LogP contribution >= 0.6 is 39.1 Å². The molecule has 1 nitrogen and oxygen atoms in total. The van der Waals surface area contributed by atoms with E-state index in [0.29, 0.717) is 10.4 Å². The van der Waals surface area contributed by atoms with E-state index in [2.05, 4.69) is 15.9 Å². The summed E-state index contributed by atoms with van der Waals surface area (Å²) in [6, 6.07) is 9.46. The van der Waals surface area contributed by atoms with Crippen molar-refractivity contribution in [2.75, 3.05) is 0 Å². The third-order valence-electron chi connectivity index (χ3n) is 2.81. The maximum absolute atomic E-state index is 6.15. The summed E-state index contributed by atoms with van der Waals surface area (Å²) < 4.78 is 5.92. The zero-order valence-corrected chi connectivity index (χ0v) is 13.7.